The monoisotopic (exact) mass is 436 g/mol. The van der Waals surface area contributed by atoms with E-state index in [0.717, 1.165) is 0 Å². The maximum Gasteiger partial charge on any atom is 0.305 e. The van der Waals surface area contributed by atoms with Crippen LogP contribution in [-0.2, 0) is 37.1 Å². The fraction of sp³-hybridized carbons (Fsp3) is 0.545. The van der Waals surface area contributed by atoms with Crippen LogP contribution in [0.2, 0.25) is 0 Å². The largest absolute Gasteiger partial charge is 0.469 e. The van der Waals surface area contributed by atoms with Crippen molar-refractivity contribution in [3.05, 3.63) is 29.3 Å². The number of hydrogen-bond acceptors (Lipinski definition) is 7. The maximum atomic E-state index is 12.4. The maximum absolute atomic E-state index is 12.4. The molecule has 1 aromatic rings. The van der Waals surface area contributed by atoms with Crippen molar-refractivity contribution in [2.45, 2.75) is 65.2 Å². The molecule has 0 saturated carbocycles. The molecule has 4 N–H and O–H groups in total. The molecular weight excluding hydrogens is 404 g/mol. The average Bonchev–Trinajstić information content (AvgIpc) is 2.75. The molecule has 0 spiro atoms. The number of carbonyl (C=O) groups is 4. The van der Waals surface area contributed by atoms with Gasteiger partial charge < -0.3 is 25.6 Å². The van der Waals surface area contributed by atoms with Crippen molar-refractivity contribution in [3.8, 4) is 0 Å². The molecule has 172 valence electrons. The number of hydrogen-bond donors (Lipinski definition) is 4. The Bertz CT molecular complexity index is 757. The number of Topliss-reactive ketones (excluding diaryl/α,β-unsaturated/α-hetero) is 1. The molecule has 2 atom stereocenters. The summed E-state index contributed by atoms with van der Waals surface area (Å²) in [6, 6.07) is 4.08. The van der Waals surface area contributed by atoms with Crippen LogP contribution < -0.4 is 10.6 Å². The molecular formula is C22H32N2O7. The third kappa shape index (κ3) is 9.71. The molecule has 1 rings (SSSR count). The molecule has 1 aromatic carbocycles. The number of aliphatic hydroxyl groups excluding tert-OH is 2. The predicted octanol–water partition coefficient (Wildman–Crippen LogP) is 1.44. The highest BCUT2D eigenvalue weighted by atomic mass is 16.5. The summed E-state index contributed by atoms with van der Waals surface area (Å²) in [6.45, 7) is 2.71. The van der Waals surface area contributed by atoms with Crippen molar-refractivity contribution in [1.29, 1.82) is 0 Å². The van der Waals surface area contributed by atoms with Crippen LogP contribution in [0.15, 0.2) is 18.2 Å². The summed E-state index contributed by atoms with van der Waals surface area (Å²) >= 11 is 0. The number of aliphatic hydroxyl groups is 2. The van der Waals surface area contributed by atoms with Crippen molar-refractivity contribution in [2.75, 3.05) is 12.4 Å². The zero-order valence-corrected chi connectivity index (χ0v) is 18.3. The summed E-state index contributed by atoms with van der Waals surface area (Å²) in [7, 11) is 1.31. The van der Waals surface area contributed by atoms with Crippen LogP contribution in [0.25, 0.3) is 0 Å². The van der Waals surface area contributed by atoms with E-state index < -0.39 is 12.0 Å². The van der Waals surface area contributed by atoms with Gasteiger partial charge in [0.25, 0.3) is 0 Å². The zero-order valence-electron chi connectivity index (χ0n) is 18.3. The number of carbonyl (C=O) groups excluding carboxylic acids is 4. The third-order valence-corrected chi connectivity index (χ3v) is 4.76. The first kappa shape index (κ1) is 26.3. The molecule has 0 aliphatic heterocycles. The third-order valence-electron chi connectivity index (χ3n) is 4.76. The summed E-state index contributed by atoms with van der Waals surface area (Å²) in [4.78, 5) is 47.8. The standard InChI is InChI=1S/C22H32N2O7/c1-14(22(30)24-18-10-16(12-25)9-17(11-18)13-26)8-19(27)15(2)23-20(28)6-4-5-7-21(29)31-3/h9-11,14-15,25-26H,4-8,12-13H2,1-3H3,(H,23,28)(H,24,30)/t14-,15-/m0/s1. The summed E-state index contributed by atoms with van der Waals surface area (Å²) in [5.41, 5.74) is 1.52. The number of esters is 1. The van der Waals surface area contributed by atoms with Crippen LogP contribution in [0.3, 0.4) is 0 Å². The van der Waals surface area contributed by atoms with Gasteiger partial charge in [0.15, 0.2) is 5.78 Å². The first-order chi connectivity index (χ1) is 14.7. The molecule has 0 heterocycles. The minimum atomic E-state index is -0.734. The van der Waals surface area contributed by atoms with E-state index in [1.165, 1.54) is 7.11 Å². The van der Waals surface area contributed by atoms with E-state index in [-0.39, 0.29) is 56.0 Å². The van der Waals surface area contributed by atoms with Crippen LogP contribution in [-0.4, -0.2) is 46.9 Å². The van der Waals surface area contributed by atoms with E-state index in [4.69, 9.17) is 0 Å². The van der Waals surface area contributed by atoms with Gasteiger partial charge in [0.05, 0.1) is 26.4 Å². The number of benzene rings is 1. The smallest absolute Gasteiger partial charge is 0.305 e. The van der Waals surface area contributed by atoms with E-state index in [2.05, 4.69) is 15.4 Å². The number of nitrogens with one attached hydrogen (secondary N) is 2. The van der Waals surface area contributed by atoms with E-state index in [1.807, 2.05) is 0 Å². The lowest BCUT2D eigenvalue weighted by molar-refractivity contribution is -0.140. The van der Waals surface area contributed by atoms with E-state index in [0.29, 0.717) is 29.7 Å². The average molecular weight is 437 g/mol. The number of ether oxygens (including phenoxy) is 1. The molecule has 9 nitrogen and oxygen atoms in total. The second-order valence-electron chi connectivity index (χ2n) is 7.49. The van der Waals surface area contributed by atoms with Crippen LogP contribution in [0.4, 0.5) is 5.69 Å². The number of amides is 2. The Hall–Kier alpha value is -2.78. The zero-order chi connectivity index (χ0) is 23.4. The van der Waals surface area contributed by atoms with Crippen molar-refractivity contribution in [1.82, 2.24) is 5.32 Å². The Morgan fingerprint density at radius 3 is 2.10 bits per heavy atom. The van der Waals surface area contributed by atoms with Gasteiger partial charge in [-0.1, -0.05) is 13.0 Å². The molecule has 0 bridgehead atoms. The number of unbranched alkanes of at least 4 members (excludes halogenated alkanes) is 1. The number of rotatable bonds is 13. The molecule has 0 radical (unpaired) electrons. The molecule has 9 heteroatoms. The Labute approximate surface area is 182 Å². The highest BCUT2D eigenvalue weighted by Crippen LogP contribution is 2.17. The SMILES string of the molecule is COC(=O)CCCCC(=O)N[C@@H](C)C(=O)C[C@H](C)C(=O)Nc1cc(CO)cc(CO)c1. The number of anilines is 1. The van der Waals surface area contributed by atoms with E-state index in [9.17, 15) is 29.4 Å². The summed E-state index contributed by atoms with van der Waals surface area (Å²) in [6.07, 6.45) is 1.41. The van der Waals surface area contributed by atoms with Gasteiger partial charge >= 0.3 is 5.97 Å². The van der Waals surface area contributed by atoms with Crippen molar-refractivity contribution < 1.29 is 34.1 Å². The molecule has 31 heavy (non-hydrogen) atoms. The Balaban J connectivity index is 2.48. The lowest BCUT2D eigenvalue weighted by atomic mass is 9.99. The quantitative estimate of drug-likeness (QED) is 0.271. The molecule has 0 aromatic heterocycles. The fourth-order valence-electron chi connectivity index (χ4n) is 2.91. The predicted molar refractivity (Wildman–Crippen MR) is 114 cm³/mol. The van der Waals surface area contributed by atoms with Crippen LogP contribution in [0.1, 0.15) is 57.1 Å². The fourth-order valence-corrected chi connectivity index (χ4v) is 2.91. The van der Waals surface area contributed by atoms with Gasteiger partial charge in [-0.3, -0.25) is 19.2 Å². The van der Waals surface area contributed by atoms with Gasteiger partial charge in [0.2, 0.25) is 11.8 Å². The van der Waals surface area contributed by atoms with Gasteiger partial charge in [-0.2, -0.15) is 0 Å². The van der Waals surface area contributed by atoms with Gasteiger partial charge in [0, 0.05) is 30.9 Å². The molecule has 0 aliphatic carbocycles. The lowest BCUT2D eigenvalue weighted by Gasteiger charge is -2.17. The van der Waals surface area contributed by atoms with E-state index in [1.54, 1.807) is 32.0 Å². The summed E-state index contributed by atoms with van der Waals surface area (Å²) in [5.74, 6) is -1.91. The van der Waals surface area contributed by atoms with Crippen molar-refractivity contribution in [3.63, 3.8) is 0 Å². The van der Waals surface area contributed by atoms with Gasteiger partial charge in [0.1, 0.15) is 0 Å². The summed E-state index contributed by atoms with van der Waals surface area (Å²) < 4.78 is 4.53. The molecule has 0 saturated heterocycles. The summed E-state index contributed by atoms with van der Waals surface area (Å²) in [5, 5.41) is 23.9. The minimum Gasteiger partial charge on any atom is -0.469 e. The topological polar surface area (TPSA) is 142 Å². The Morgan fingerprint density at radius 2 is 1.55 bits per heavy atom. The molecule has 0 aliphatic rings. The van der Waals surface area contributed by atoms with Gasteiger partial charge in [-0.25, -0.2) is 0 Å². The van der Waals surface area contributed by atoms with Crippen molar-refractivity contribution >= 4 is 29.3 Å². The van der Waals surface area contributed by atoms with Crippen LogP contribution >= 0.6 is 0 Å². The van der Waals surface area contributed by atoms with Crippen LogP contribution in [0, 0.1) is 5.92 Å². The second kappa shape index (κ2) is 13.5. The second-order valence-corrected chi connectivity index (χ2v) is 7.49. The Morgan fingerprint density at radius 1 is 0.968 bits per heavy atom. The van der Waals surface area contributed by atoms with Crippen LogP contribution in [0.5, 0.6) is 0 Å². The van der Waals surface area contributed by atoms with Crippen molar-refractivity contribution in [2.24, 2.45) is 5.92 Å². The Kier molecular flexibility index (Phi) is 11.4. The first-order valence-electron chi connectivity index (χ1n) is 10.2. The van der Waals surface area contributed by atoms with Gasteiger partial charge in [-0.15, -0.1) is 0 Å². The highest BCUT2D eigenvalue weighted by molar-refractivity contribution is 5.97. The highest BCUT2D eigenvalue weighted by Gasteiger charge is 2.22. The number of methoxy groups -OCH3 is 1. The first-order valence-corrected chi connectivity index (χ1v) is 10.2. The van der Waals surface area contributed by atoms with E-state index >= 15 is 0 Å². The minimum absolute atomic E-state index is 0.0534. The lowest BCUT2D eigenvalue weighted by Crippen LogP contribution is -2.39. The molecule has 0 fully saturated rings. The number of ketones is 1. The normalized spacial score (nSPS) is 12.5. The molecule has 0 unspecified atom stereocenters. The van der Waals surface area contributed by atoms with Gasteiger partial charge in [-0.05, 0) is 43.0 Å². The molecule has 2 amide bonds.